The maximum atomic E-state index is 13.2. The molecule has 0 fully saturated rings. The van der Waals surface area contributed by atoms with Crippen LogP contribution in [0, 0.1) is 5.82 Å². The summed E-state index contributed by atoms with van der Waals surface area (Å²) in [6, 6.07) is 11.9. The Labute approximate surface area is 124 Å². The molecule has 2 aromatic carbocycles. The molecule has 100 valence electrons. The van der Waals surface area contributed by atoms with Gasteiger partial charge in [-0.25, -0.2) is 4.39 Å². The van der Waals surface area contributed by atoms with Crippen molar-refractivity contribution in [1.29, 1.82) is 0 Å². The van der Waals surface area contributed by atoms with Crippen molar-refractivity contribution in [2.75, 3.05) is 11.9 Å². The number of nitrogens with one attached hydrogen (secondary N) is 1. The molecular formula is C14H12BrClFNO. The van der Waals surface area contributed by atoms with Crippen LogP contribution in [0.2, 0.25) is 5.02 Å². The zero-order valence-corrected chi connectivity index (χ0v) is 12.2. The second-order valence-electron chi connectivity index (χ2n) is 4.08. The van der Waals surface area contributed by atoms with Crippen molar-refractivity contribution >= 4 is 33.2 Å². The van der Waals surface area contributed by atoms with Crippen molar-refractivity contribution in [3.05, 3.63) is 63.3 Å². The van der Waals surface area contributed by atoms with Crippen LogP contribution in [-0.4, -0.2) is 11.7 Å². The number of hydrogen-bond acceptors (Lipinski definition) is 2. The van der Waals surface area contributed by atoms with Gasteiger partial charge in [-0.15, -0.1) is 0 Å². The van der Waals surface area contributed by atoms with Crippen LogP contribution in [-0.2, 0) is 0 Å². The monoisotopic (exact) mass is 343 g/mol. The molecule has 1 unspecified atom stereocenters. The fraction of sp³-hybridized carbons (Fsp3) is 0.143. The molecule has 0 saturated heterocycles. The number of aliphatic hydroxyl groups is 1. The van der Waals surface area contributed by atoms with Crippen LogP contribution in [0.15, 0.2) is 46.9 Å². The maximum absolute atomic E-state index is 13.2. The topological polar surface area (TPSA) is 32.3 Å². The minimum absolute atomic E-state index is 0.0816. The molecule has 19 heavy (non-hydrogen) atoms. The van der Waals surface area contributed by atoms with Gasteiger partial charge < -0.3 is 10.4 Å². The van der Waals surface area contributed by atoms with E-state index in [1.165, 1.54) is 12.1 Å². The quantitative estimate of drug-likeness (QED) is 0.862. The summed E-state index contributed by atoms with van der Waals surface area (Å²) in [6.07, 6.45) is -0.670. The fourth-order valence-electron chi connectivity index (χ4n) is 1.65. The summed E-state index contributed by atoms with van der Waals surface area (Å²) in [5.41, 5.74) is 1.37. The van der Waals surface area contributed by atoms with Crippen LogP contribution in [0.25, 0.3) is 0 Å². The SMILES string of the molecule is OC(CNc1ccc(Cl)c(F)c1)c1cccc(Br)c1. The summed E-state index contributed by atoms with van der Waals surface area (Å²) in [4.78, 5) is 0. The van der Waals surface area contributed by atoms with E-state index in [2.05, 4.69) is 21.2 Å². The standard InChI is InChI=1S/C14H12BrClFNO/c15-10-3-1-2-9(6-10)14(19)8-18-11-4-5-12(16)13(17)7-11/h1-7,14,18-19H,8H2. The van der Waals surface area contributed by atoms with Gasteiger partial charge in [0, 0.05) is 16.7 Å². The number of aliphatic hydroxyl groups excluding tert-OH is 1. The lowest BCUT2D eigenvalue weighted by atomic mass is 10.1. The minimum Gasteiger partial charge on any atom is -0.387 e. The second kappa shape index (κ2) is 6.37. The predicted molar refractivity (Wildman–Crippen MR) is 79.0 cm³/mol. The first kappa shape index (κ1) is 14.3. The first-order valence-corrected chi connectivity index (χ1v) is 6.86. The molecule has 2 N–H and O–H groups in total. The largest absolute Gasteiger partial charge is 0.387 e. The van der Waals surface area contributed by atoms with Gasteiger partial charge in [0.25, 0.3) is 0 Å². The Kier molecular flexibility index (Phi) is 4.80. The van der Waals surface area contributed by atoms with Crippen molar-refractivity contribution in [3.63, 3.8) is 0 Å². The first-order valence-electron chi connectivity index (χ1n) is 5.69. The summed E-state index contributed by atoms with van der Waals surface area (Å²) in [6.45, 7) is 0.289. The Balaban J connectivity index is 2.00. The summed E-state index contributed by atoms with van der Waals surface area (Å²) in [5, 5.41) is 13.1. The number of halogens is 3. The van der Waals surface area contributed by atoms with E-state index in [4.69, 9.17) is 11.6 Å². The van der Waals surface area contributed by atoms with Crippen molar-refractivity contribution in [1.82, 2.24) is 0 Å². The Hall–Kier alpha value is -1.10. The molecule has 0 aliphatic carbocycles. The lowest BCUT2D eigenvalue weighted by Gasteiger charge is -2.13. The molecule has 1 atom stereocenters. The second-order valence-corrected chi connectivity index (χ2v) is 5.40. The van der Waals surface area contributed by atoms with Gasteiger partial charge in [0.2, 0.25) is 0 Å². The minimum atomic E-state index is -0.670. The molecule has 0 radical (unpaired) electrons. The molecule has 0 aliphatic heterocycles. The highest BCUT2D eigenvalue weighted by atomic mass is 79.9. The lowest BCUT2D eigenvalue weighted by Crippen LogP contribution is -2.12. The van der Waals surface area contributed by atoms with Crippen LogP contribution < -0.4 is 5.32 Å². The van der Waals surface area contributed by atoms with E-state index in [0.717, 1.165) is 10.0 Å². The van der Waals surface area contributed by atoms with Crippen LogP contribution in [0.3, 0.4) is 0 Å². The van der Waals surface area contributed by atoms with Gasteiger partial charge in [0.05, 0.1) is 11.1 Å². The van der Waals surface area contributed by atoms with Gasteiger partial charge in [0.1, 0.15) is 5.82 Å². The average molecular weight is 345 g/mol. The molecule has 0 aliphatic rings. The first-order chi connectivity index (χ1) is 9.06. The summed E-state index contributed by atoms with van der Waals surface area (Å²) in [5.74, 6) is -0.483. The highest BCUT2D eigenvalue weighted by molar-refractivity contribution is 9.10. The van der Waals surface area contributed by atoms with Gasteiger partial charge in [-0.05, 0) is 35.9 Å². The Morgan fingerprint density at radius 1 is 1.26 bits per heavy atom. The summed E-state index contributed by atoms with van der Waals surface area (Å²) >= 11 is 8.95. The Morgan fingerprint density at radius 3 is 2.74 bits per heavy atom. The van der Waals surface area contributed by atoms with E-state index in [1.54, 1.807) is 6.07 Å². The smallest absolute Gasteiger partial charge is 0.143 e. The molecule has 2 aromatic rings. The van der Waals surface area contributed by atoms with E-state index in [0.29, 0.717) is 5.69 Å². The molecule has 0 amide bonds. The van der Waals surface area contributed by atoms with Gasteiger partial charge >= 0.3 is 0 Å². The van der Waals surface area contributed by atoms with E-state index < -0.39 is 11.9 Å². The highest BCUT2D eigenvalue weighted by Crippen LogP contribution is 2.21. The van der Waals surface area contributed by atoms with Crippen molar-refractivity contribution in [2.24, 2.45) is 0 Å². The van der Waals surface area contributed by atoms with Crippen LogP contribution in [0.1, 0.15) is 11.7 Å². The van der Waals surface area contributed by atoms with Gasteiger partial charge in [-0.3, -0.25) is 0 Å². The molecule has 0 aromatic heterocycles. The molecule has 0 spiro atoms. The average Bonchev–Trinajstić information content (AvgIpc) is 2.40. The zero-order valence-electron chi connectivity index (χ0n) is 9.91. The Morgan fingerprint density at radius 2 is 2.05 bits per heavy atom. The van der Waals surface area contributed by atoms with Crippen molar-refractivity contribution < 1.29 is 9.50 Å². The van der Waals surface area contributed by atoms with Crippen molar-refractivity contribution in [2.45, 2.75) is 6.10 Å². The number of anilines is 1. The molecule has 0 heterocycles. The third kappa shape index (κ3) is 3.93. The fourth-order valence-corrected chi connectivity index (χ4v) is 2.19. The number of hydrogen-bond donors (Lipinski definition) is 2. The highest BCUT2D eigenvalue weighted by Gasteiger charge is 2.08. The van der Waals surface area contributed by atoms with Crippen LogP contribution in [0.4, 0.5) is 10.1 Å². The normalized spacial score (nSPS) is 12.2. The van der Waals surface area contributed by atoms with Crippen LogP contribution >= 0.6 is 27.5 Å². The third-order valence-electron chi connectivity index (χ3n) is 2.65. The van der Waals surface area contributed by atoms with Crippen LogP contribution in [0.5, 0.6) is 0 Å². The molecular weight excluding hydrogens is 333 g/mol. The lowest BCUT2D eigenvalue weighted by molar-refractivity contribution is 0.191. The van der Waals surface area contributed by atoms with Gasteiger partial charge in [0.15, 0.2) is 0 Å². The maximum Gasteiger partial charge on any atom is 0.143 e. The van der Waals surface area contributed by atoms with Crippen molar-refractivity contribution in [3.8, 4) is 0 Å². The molecule has 2 nitrogen and oxygen atoms in total. The molecule has 5 heteroatoms. The van der Waals surface area contributed by atoms with E-state index in [-0.39, 0.29) is 11.6 Å². The van der Waals surface area contributed by atoms with E-state index in [9.17, 15) is 9.50 Å². The molecule has 0 bridgehead atoms. The third-order valence-corrected chi connectivity index (χ3v) is 3.45. The number of benzene rings is 2. The summed E-state index contributed by atoms with van der Waals surface area (Å²) < 4.78 is 14.1. The summed E-state index contributed by atoms with van der Waals surface area (Å²) in [7, 11) is 0. The van der Waals surface area contributed by atoms with Gasteiger partial charge in [-0.2, -0.15) is 0 Å². The van der Waals surface area contributed by atoms with E-state index >= 15 is 0 Å². The molecule has 2 rings (SSSR count). The van der Waals surface area contributed by atoms with E-state index in [1.807, 2.05) is 24.3 Å². The number of rotatable bonds is 4. The van der Waals surface area contributed by atoms with Gasteiger partial charge in [-0.1, -0.05) is 39.7 Å². The molecule has 0 saturated carbocycles. The zero-order chi connectivity index (χ0) is 13.8. The Bertz CT molecular complexity index is 579. The predicted octanol–water partition coefficient (Wildman–Crippen LogP) is 4.39.